The molecule has 19 heavy (non-hydrogen) atoms. The first-order valence-corrected chi connectivity index (χ1v) is 8.40. The number of rotatable bonds is 3. The molecular formula is C16H30N2O. The number of hydrogen-bond donors (Lipinski definition) is 1. The standard InChI is InChI=1S/C16H30N2O/c1-13(15-7-10-19-12-15)18-9-8-17-16(11-18)14-5-3-2-4-6-14/h13-17H,2-12H2,1H3. The molecule has 0 radical (unpaired) electrons. The lowest BCUT2D eigenvalue weighted by molar-refractivity contribution is 0.0799. The van der Waals surface area contributed by atoms with Gasteiger partial charge in [-0.25, -0.2) is 0 Å². The van der Waals surface area contributed by atoms with Gasteiger partial charge in [-0.2, -0.15) is 0 Å². The second-order valence-electron chi connectivity index (χ2n) is 6.82. The Balaban J connectivity index is 1.54. The van der Waals surface area contributed by atoms with Gasteiger partial charge < -0.3 is 10.1 Å². The highest BCUT2D eigenvalue weighted by Gasteiger charge is 2.33. The quantitative estimate of drug-likeness (QED) is 0.848. The van der Waals surface area contributed by atoms with E-state index in [1.54, 1.807) is 0 Å². The van der Waals surface area contributed by atoms with Gasteiger partial charge in [0.1, 0.15) is 0 Å². The van der Waals surface area contributed by atoms with Gasteiger partial charge in [0.15, 0.2) is 0 Å². The molecule has 0 bridgehead atoms. The van der Waals surface area contributed by atoms with E-state index in [4.69, 9.17) is 4.74 Å². The van der Waals surface area contributed by atoms with E-state index in [0.29, 0.717) is 6.04 Å². The van der Waals surface area contributed by atoms with Crippen molar-refractivity contribution < 1.29 is 4.74 Å². The largest absolute Gasteiger partial charge is 0.381 e. The van der Waals surface area contributed by atoms with Crippen molar-refractivity contribution in [3.05, 3.63) is 0 Å². The highest BCUT2D eigenvalue weighted by molar-refractivity contribution is 4.89. The van der Waals surface area contributed by atoms with Crippen molar-refractivity contribution in [2.45, 2.75) is 57.5 Å². The van der Waals surface area contributed by atoms with Crippen LogP contribution in [0.25, 0.3) is 0 Å². The van der Waals surface area contributed by atoms with Crippen molar-refractivity contribution in [3.63, 3.8) is 0 Å². The summed E-state index contributed by atoms with van der Waals surface area (Å²) in [4.78, 5) is 2.73. The van der Waals surface area contributed by atoms with Crippen molar-refractivity contribution in [2.24, 2.45) is 11.8 Å². The molecule has 0 aromatic carbocycles. The summed E-state index contributed by atoms with van der Waals surface area (Å²) < 4.78 is 5.57. The van der Waals surface area contributed by atoms with E-state index in [0.717, 1.165) is 31.1 Å². The molecule has 3 nitrogen and oxygen atoms in total. The summed E-state index contributed by atoms with van der Waals surface area (Å²) in [5.74, 6) is 1.70. The van der Waals surface area contributed by atoms with Crippen LogP contribution in [0.15, 0.2) is 0 Å². The Morgan fingerprint density at radius 2 is 2.00 bits per heavy atom. The maximum Gasteiger partial charge on any atom is 0.0509 e. The monoisotopic (exact) mass is 266 g/mol. The molecule has 2 heterocycles. The van der Waals surface area contributed by atoms with Crippen LogP contribution in [0.3, 0.4) is 0 Å². The first kappa shape index (κ1) is 13.8. The summed E-state index contributed by atoms with van der Waals surface area (Å²) in [6.07, 6.45) is 8.53. The number of nitrogens with zero attached hydrogens (tertiary/aromatic N) is 1. The maximum atomic E-state index is 5.57. The Morgan fingerprint density at radius 3 is 2.74 bits per heavy atom. The van der Waals surface area contributed by atoms with Gasteiger partial charge in [-0.05, 0) is 38.0 Å². The minimum absolute atomic E-state index is 0.704. The molecule has 0 aromatic rings. The van der Waals surface area contributed by atoms with Crippen LogP contribution in [0.1, 0.15) is 45.4 Å². The van der Waals surface area contributed by atoms with E-state index in [-0.39, 0.29) is 0 Å². The fourth-order valence-electron chi connectivity index (χ4n) is 4.26. The molecule has 0 aromatic heterocycles. The van der Waals surface area contributed by atoms with E-state index >= 15 is 0 Å². The summed E-state index contributed by atoms with van der Waals surface area (Å²) >= 11 is 0. The average molecular weight is 266 g/mol. The van der Waals surface area contributed by atoms with E-state index in [1.807, 2.05) is 0 Å². The fraction of sp³-hybridized carbons (Fsp3) is 1.00. The van der Waals surface area contributed by atoms with Crippen LogP contribution in [0, 0.1) is 11.8 Å². The molecule has 1 aliphatic carbocycles. The van der Waals surface area contributed by atoms with Crippen LogP contribution >= 0.6 is 0 Å². The molecule has 110 valence electrons. The second-order valence-corrected chi connectivity index (χ2v) is 6.82. The van der Waals surface area contributed by atoms with Crippen LogP contribution in [0.5, 0.6) is 0 Å². The van der Waals surface area contributed by atoms with Crippen LogP contribution in [0.4, 0.5) is 0 Å². The predicted molar refractivity (Wildman–Crippen MR) is 78.3 cm³/mol. The van der Waals surface area contributed by atoms with E-state index in [1.165, 1.54) is 58.2 Å². The molecule has 3 atom stereocenters. The smallest absolute Gasteiger partial charge is 0.0509 e. The van der Waals surface area contributed by atoms with Crippen molar-refractivity contribution in [3.8, 4) is 0 Å². The number of hydrogen-bond acceptors (Lipinski definition) is 3. The van der Waals surface area contributed by atoms with Gasteiger partial charge in [-0.15, -0.1) is 0 Å². The van der Waals surface area contributed by atoms with E-state index < -0.39 is 0 Å². The summed E-state index contributed by atoms with van der Waals surface area (Å²) in [5, 5.41) is 3.79. The highest BCUT2D eigenvalue weighted by atomic mass is 16.5. The summed E-state index contributed by atoms with van der Waals surface area (Å²) in [5.41, 5.74) is 0. The Hall–Kier alpha value is -0.120. The summed E-state index contributed by atoms with van der Waals surface area (Å²) in [6.45, 7) is 8.05. The zero-order chi connectivity index (χ0) is 13.1. The van der Waals surface area contributed by atoms with Gasteiger partial charge in [0.2, 0.25) is 0 Å². The Morgan fingerprint density at radius 1 is 1.16 bits per heavy atom. The topological polar surface area (TPSA) is 24.5 Å². The fourth-order valence-corrected chi connectivity index (χ4v) is 4.26. The number of nitrogens with one attached hydrogen (secondary N) is 1. The molecule has 3 heteroatoms. The molecule has 1 saturated carbocycles. The highest BCUT2D eigenvalue weighted by Crippen LogP contribution is 2.29. The number of piperazine rings is 1. The molecule has 3 unspecified atom stereocenters. The summed E-state index contributed by atoms with van der Waals surface area (Å²) in [6, 6.07) is 1.45. The van der Waals surface area contributed by atoms with E-state index in [9.17, 15) is 0 Å². The Kier molecular flexibility index (Phi) is 4.78. The molecule has 3 fully saturated rings. The Bertz CT molecular complexity index is 272. The molecule has 2 aliphatic heterocycles. The molecule has 0 spiro atoms. The van der Waals surface area contributed by atoms with Crippen LogP contribution in [-0.4, -0.2) is 49.8 Å². The van der Waals surface area contributed by atoms with Crippen LogP contribution in [0.2, 0.25) is 0 Å². The third kappa shape index (κ3) is 3.32. The van der Waals surface area contributed by atoms with Gasteiger partial charge >= 0.3 is 0 Å². The molecule has 3 aliphatic rings. The first-order valence-electron chi connectivity index (χ1n) is 8.40. The van der Waals surface area contributed by atoms with Crippen molar-refractivity contribution in [1.29, 1.82) is 0 Å². The lowest BCUT2D eigenvalue weighted by Crippen LogP contribution is -2.57. The predicted octanol–water partition coefficient (Wildman–Crippen LogP) is 2.27. The number of ether oxygens (including phenoxy) is 1. The molecule has 2 saturated heterocycles. The average Bonchev–Trinajstić information content (AvgIpc) is 3.02. The third-order valence-electron chi connectivity index (χ3n) is 5.68. The van der Waals surface area contributed by atoms with Gasteiger partial charge in [0.25, 0.3) is 0 Å². The van der Waals surface area contributed by atoms with Crippen LogP contribution in [-0.2, 0) is 4.74 Å². The van der Waals surface area contributed by atoms with Crippen molar-refractivity contribution in [1.82, 2.24) is 10.2 Å². The van der Waals surface area contributed by atoms with Gasteiger partial charge in [-0.3, -0.25) is 4.90 Å². The second kappa shape index (κ2) is 6.55. The molecular weight excluding hydrogens is 236 g/mol. The van der Waals surface area contributed by atoms with Crippen LogP contribution < -0.4 is 5.32 Å². The van der Waals surface area contributed by atoms with Gasteiger partial charge in [0.05, 0.1) is 6.61 Å². The Labute approximate surface area is 118 Å². The zero-order valence-electron chi connectivity index (χ0n) is 12.4. The van der Waals surface area contributed by atoms with Gasteiger partial charge in [0, 0.05) is 38.3 Å². The van der Waals surface area contributed by atoms with Gasteiger partial charge in [-0.1, -0.05) is 19.3 Å². The molecule has 1 N–H and O–H groups in total. The SMILES string of the molecule is CC(C1CCOC1)N1CCNC(C2CCCCC2)C1. The normalized spacial score (nSPS) is 36.5. The lowest BCUT2D eigenvalue weighted by Gasteiger charge is -2.43. The van der Waals surface area contributed by atoms with E-state index in [2.05, 4.69) is 17.1 Å². The third-order valence-corrected chi connectivity index (χ3v) is 5.68. The summed E-state index contributed by atoms with van der Waals surface area (Å²) in [7, 11) is 0. The van der Waals surface area contributed by atoms with Crippen molar-refractivity contribution >= 4 is 0 Å². The maximum absolute atomic E-state index is 5.57. The molecule has 0 amide bonds. The lowest BCUT2D eigenvalue weighted by atomic mass is 9.82. The first-order chi connectivity index (χ1) is 9.34. The zero-order valence-corrected chi connectivity index (χ0v) is 12.4. The minimum atomic E-state index is 0.704. The minimum Gasteiger partial charge on any atom is -0.381 e. The van der Waals surface area contributed by atoms with Crippen molar-refractivity contribution in [2.75, 3.05) is 32.8 Å². The molecule has 3 rings (SSSR count).